The first-order valence-corrected chi connectivity index (χ1v) is 38.4. The molecule has 0 aliphatic rings. The van der Waals surface area contributed by atoms with Gasteiger partial charge in [-0.2, -0.15) is 0 Å². The number of hydrogen-bond donors (Lipinski definition) is 16. The first-order chi connectivity index (χ1) is 39.0. The molecule has 7 atom stereocenters. The zero-order valence-electron chi connectivity index (χ0n) is 47.2. The minimum absolute atomic E-state index is 0.0215. The van der Waals surface area contributed by atoms with Crippen LogP contribution in [0.3, 0.4) is 0 Å². The van der Waals surface area contributed by atoms with Crippen LogP contribution in [0, 0.1) is 45.8 Å². The fourth-order valence-electron chi connectivity index (χ4n) is 3.29. The predicted molar refractivity (Wildman–Crippen MR) is 361 cm³/mol. The van der Waals surface area contributed by atoms with Crippen LogP contribution in [-0.4, -0.2) is 229 Å². The van der Waals surface area contributed by atoms with Gasteiger partial charge in [-0.3, -0.25) is 9.59 Å². The van der Waals surface area contributed by atoms with Crippen LogP contribution in [0.1, 0.15) is 64.2 Å². The van der Waals surface area contributed by atoms with Crippen molar-refractivity contribution >= 4 is 143 Å². The monoisotopic (exact) mass is 1520 g/mol. The molecule has 0 aliphatic heterocycles. The van der Waals surface area contributed by atoms with E-state index in [1.54, 1.807) is 46.1 Å². The van der Waals surface area contributed by atoms with Gasteiger partial charge >= 0.3 is 267 Å². The van der Waals surface area contributed by atoms with Crippen molar-refractivity contribution in [2.75, 3.05) is 61.7 Å². The molecule has 0 radical (unpaired) electrons. The summed E-state index contributed by atoms with van der Waals surface area (Å²) in [6.45, 7) is 18.8. The number of hydrogen-bond acceptors (Lipinski definition) is 21. The summed E-state index contributed by atoms with van der Waals surface area (Å²) >= 11 is 8.80. The normalized spacial score (nSPS) is 11.8. The number of carboxylic acid groups (broad SMARTS) is 4. The summed E-state index contributed by atoms with van der Waals surface area (Å²) in [5.41, 5.74) is 42.5. The maximum atomic E-state index is 10.1. The predicted octanol–water partition coefficient (Wildman–Crippen LogP) is 2.57. The second-order valence-corrected chi connectivity index (χ2v) is 28.3. The summed E-state index contributed by atoms with van der Waals surface area (Å²) in [5, 5.41) is 80.8. The average molecular weight is 1520 g/mol. The molecule has 0 aromatic rings. The zero-order valence-corrected chi connectivity index (χ0v) is 58.2. The molecule has 0 bridgehead atoms. The van der Waals surface area contributed by atoms with Gasteiger partial charge in [-0.05, 0) is 82.6 Å². The van der Waals surface area contributed by atoms with Gasteiger partial charge in [0.15, 0.2) is 0 Å². The van der Waals surface area contributed by atoms with E-state index in [2.05, 4.69) is 53.0 Å². The van der Waals surface area contributed by atoms with Crippen molar-refractivity contribution in [2.45, 2.75) is 128 Å². The second kappa shape index (κ2) is 90.4. The van der Waals surface area contributed by atoms with Crippen molar-refractivity contribution in [2.24, 2.45) is 45.9 Å². The van der Waals surface area contributed by atoms with E-state index in [1.807, 2.05) is 15.4 Å². The number of carbonyl (C=O) groups is 4. The van der Waals surface area contributed by atoms with Crippen LogP contribution in [-0.2, 0) is 19.2 Å². The second-order valence-electron chi connectivity index (χ2n) is 14.8. The molecular weight excluding hydrogens is 1420 g/mol. The van der Waals surface area contributed by atoms with Crippen LogP contribution in [0.25, 0.3) is 0 Å². The molecule has 0 heterocycles. The molecular formula is C53H98N8O12S5Se4. The Morgan fingerprint density at radius 3 is 1.12 bits per heavy atom. The first-order valence-electron chi connectivity index (χ1n) is 24.7. The molecule has 0 saturated carbocycles. The number of terminal acetylenes is 4. The van der Waals surface area contributed by atoms with Crippen molar-refractivity contribution in [3.05, 3.63) is 59.1 Å². The number of aliphatic carboxylic acids is 4. The Kier molecular flexibility index (Phi) is 109. The van der Waals surface area contributed by atoms with Crippen LogP contribution in [0.5, 0.6) is 0 Å². The van der Waals surface area contributed by atoms with E-state index in [0.717, 1.165) is 89.4 Å². The van der Waals surface area contributed by atoms with Crippen molar-refractivity contribution in [1.29, 1.82) is 0 Å². The third kappa shape index (κ3) is 117. The van der Waals surface area contributed by atoms with E-state index >= 15 is 0 Å². The molecule has 0 aromatic carbocycles. The summed E-state index contributed by atoms with van der Waals surface area (Å²) in [4.78, 5) is 49.1. The average Bonchev–Trinajstić information content (AvgIpc) is 3.45. The summed E-state index contributed by atoms with van der Waals surface area (Å²) in [6, 6.07) is -2.46. The topological polar surface area (TPSA) is 438 Å². The SMILES string of the molecule is C#CSCCC(N)C(=O)O.C#CSCCC(N)CO.C#C[Se]CCC(N)C(=O)O.C#C[Se]CCC(N)CO.C=CSCCC(N)CO.C=CSCCCC(=O)O.C=CSCCCN.C=C[Se]CCC(N)C(=O)O.C=C[Se]CCC(N)CO. The summed E-state index contributed by atoms with van der Waals surface area (Å²) in [6.07, 6.45) is 26.8. The Labute approximate surface area is 538 Å². The van der Waals surface area contributed by atoms with Gasteiger partial charge in [-0.25, -0.2) is 0 Å². The molecule has 0 rings (SSSR count). The molecule has 82 heavy (non-hydrogen) atoms. The zero-order chi connectivity index (χ0) is 65.0. The van der Waals surface area contributed by atoms with Crippen LogP contribution in [0.15, 0.2) is 59.1 Å². The molecule has 0 saturated heterocycles. The molecule has 0 spiro atoms. The van der Waals surface area contributed by atoms with Gasteiger partial charge in [0, 0.05) is 30.0 Å². The first kappa shape index (κ1) is 99.2. The van der Waals surface area contributed by atoms with Crippen molar-refractivity contribution in [3.63, 3.8) is 0 Å². The Hall–Kier alpha value is -1.83. The quantitative estimate of drug-likeness (QED) is 0.0238. The summed E-state index contributed by atoms with van der Waals surface area (Å²) in [7, 11) is 0. The van der Waals surface area contributed by atoms with Gasteiger partial charge < -0.3 is 43.4 Å². The minimum atomic E-state index is -0.974. The maximum absolute atomic E-state index is 10.1. The molecule has 0 fully saturated rings. The number of aliphatic hydroxyl groups excluding tert-OH is 4. The molecule has 7 unspecified atom stereocenters. The molecule has 24 N–H and O–H groups in total. The number of nitrogens with two attached hydrogens (primary N) is 8. The van der Waals surface area contributed by atoms with Crippen molar-refractivity contribution in [3.8, 4) is 45.8 Å². The van der Waals surface area contributed by atoms with E-state index in [-0.39, 0.29) is 86.9 Å². The summed E-state index contributed by atoms with van der Waals surface area (Å²) in [5.74, 6) is 0.786. The summed E-state index contributed by atoms with van der Waals surface area (Å²) < 4.78 is 0. The van der Waals surface area contributed by atoms with E-state index in [1.165, 1.54) is 23.5 Å². The third-order valence-electron chi connectivity index (χ3n) is 7.93. The molecule has 20 nitrogen and oxygen atoms in total. The van der Waals surface area contributed by atoms with Gasteiger partial charge in [0.05, 0.1) is 13.2 Å². The Morgan fingerprint density at radius 1 is 0.463 bits per heavy atom. The molecule has 476 valence electrons. The van der Waals surface area contributed by atoms with E-state index in [9.17, 15) is 19.2 Å². The van der Waals surface area contributed by atoms with Crippen LogP contribution in [0.4, 0.5) is 0 Å². The number of rotatable bonds is 40. The van der Waals surface area contributed by atoms with Crippen molar-refractivity contribution in [1.82, 2.24) is 0 Å². The van der Waals surface area contributed by atoms with Crippen LogP contribution < -0.4 is 45.9 Å². The van der Waals surface area contributed by atoms with E-state index < -0.39 is 42.0 Å². The van der Waals surface area contributed by atoms with Gasteiger partial charge in [-0.15, -0.1) is 48.1 Å². The van der Waals surface area contributed by atoms with E-state index in [0.29, 0.717) is 54.9 Å². The Balaban J connectivity index is -0.000000105. The van der Waals surface area contributed by atoms with Crippen LogP contribution in [0.2, 0.25) is 21.3 Å². The standard InChI is InChI=1S/C6H9NO2S.C6H11NO2Se.C6H9NO2Se.C6H13NOS.C6H11NOS.C6H13NOSe.C6H11NOSe.C6H10O2S.C5H11NS/c3*1-2-10-4-3-5(7)6(8)9;4*1-2-9-4-3-6(7)5-8;1-2-9-5-3-4-6(7)8;1-2-7-5-3-4-6/h1,5H,3-4,7H2,(H,8,9);2,5H,1,3-4,7H2,(H,8,9);1,5H,3-4,7H2,(H,8,9);2,6,8H,1,3-5,7H2;1,6,8H,3-5,7H2;2,6,8H,1,3-5,7H2;1,6,8H,3-5,7H2;2H,1,3-5H2,(H,7,8);2H,1,3-6H2. The third-order valence-corrected chi connectivity index (χ3v) is 16.9. The van der Waals surface area contributed by atoms with Gasteiger partial charge in [0.25, 0.3) is 0 Å². The fraction of sp³-hybridized carbons (Fsp3) is 0.585. The number of carboxylic acids is 4. The van der Waals surface area contributed by atoms with Gasteiger partial charge in [0.1, 0.15) is 6.04 Å². The Bertz CT molecular complexity index is 1590. The van der Waals surface area contributed by atoms with Crippen LogP contribution >= 0.6 is 58.8 Å². The van der Waals surface area contributed by atoms with Gasteiger partial charge in [-0.1, -0.05) is 43.3 Å². The van der Waals surface area contributed by atoms with Crippen molar-refractivity contribution < 1.29 is 60.0 Å². The Morgan fingerprint density at radius 2 is 0.780 bits per heavy atom. The molecule has 29 heteroatoms. The fourth-order valence-corrected chi connectivity index (χ4v) is 10.5. The molecule has 0 amide bonds. The van der Waals surface area contributed by atoms with Gasteiger partial charge in [0.2, 0.25) is 0 Å². The number of aliphatic hydroxyl groups is 4. The molecule has 0 aromatic heterocycles. The molecule has 0 aliphatic carbocycles. The van der Waals surface area contributed by atoms with E-state index in [4.69, 9.17) is 112 Å². The number of thioether (sulfide) groups is 5.